The zero-order chi connectivity index (χ0) is 18.2. The molecule has 0 aliphatic heterocycles. The number of unbranched alkanes of at least 4 members (excludes halogenated alkanes) is 2. The van der Waals surface area contributed by atoms with Gasteiger partial charge >= 0.3 is 0 Å². The monoisotopic (exact) mass is 350 g/mol. The van der Waals surface area contributed by atoms with E-state index in [1.165, 1.54) is 12.3 Å². The summed E-state index contributed by atoms with van der Waals surface area (Å²) >= 11 is 0. The number of aryl methyl sites for hydroxylation is 1. The zero-order valence-electron chi connectivity index (χ0n) is 13.8. The van der Waals surface area contributed by atoms with Crippen LogP contribution in [0.4, 0.5) is 17.6 Å². The molecule has 0 aliphatic rings. The maximum atomic E-state index is 14.0. The predicted octanol–water partition coefficient (Wildman–Crippen LogP) is 5.43. The third kappa shape index (κ3) is 5.52. The van der Waals surface area contributed by atoms with Gasteiger partial charge in [0.2, 0.25) is 0 Å². The maximum Gasteiger partial charge on any atom is 0.194 e. The van der Waals surface area contributed by atoms with Crippen molar-refractivity contribution in [2.75, 3.05) is 0 Å². The third-order valence-corrected chi connectivity index (χ3v) is 3.61. The first-order chi connectivity index (χ1) is 12.0. The molecule has 0 amide bonds. The second kappa shape index (κ2) is 9.11. The van der Waals surface area contributed by atoms with Gasteiger partial charge in [0.15, 0.2) is 17.5 Å². The van der Waals surface area contributed by atoms with Gasteiger partial charge < -0.3 is 0 Å². The summed E-state index contributed by atoms with van der Waals surface area (Å²) in [7, 11) is 0. The summed E-state index contributed by atoms with van der Waals surface area (Å²) in [6, 6.07) is 6.49. The molecule has 0 atom stereocenters. The molecule has 2 rings (SSSR count). The summed E-state index contributed by atoms with van der Waals surface area (Å²) < 4.78 is 52.9. The van der Waals surface area contributed by atoms with Crippen LogP contribution >= 0.6 is 0 Å². The van der Waals surface area contributed by atoms with Gasteiger partial charge in [0.1, 0.15) is 5.82 Å². The van der Waals surface area contributed by atoms with Crippen molar-refractivity contribution < 1.29 is 17.6 Å². The minimum absolute atomic E-state index is 0.0142. The molecule has 0 radical (unpaired) electrons. The molecule has 0 heterocycles. The van der Waals surface area contributed by atoms with Gasteiger partial charge in [0.25, 0.3) is 0 Å². The first kappa shape index (κ1) is 18.8. The zero-order valence-corrected chi connectivity index (χ0v) is 13.8. The number of hydrogen-bond acceptors (Lipinski definition) is 2. The molecule has 2 aromatic rings. The van der Waals surface area contributed by atoms with Gasteiger partial charge in [-0.15, -0.1) is 0 Å². The summed E-state index contributed by atoms with van der Waals surface area (Å²) in [6.07, 6.45) is 6.30. The fraction of sp³-hybridized carbons (Fsp3) is 0.263. The van der Waals surface area contributed by atoms with E-state index in [0.717, 1.165) is 49.6 Å². The van der Waals surface area contributed by atoms with Gasteiger partial charge in [-0.25, -0.2) is 17.6 Å². The van der Waals surface area contributed by atoms with Crippen LogP contribution in [0.1, 0.15) is 42.9 Å². The van der Waals surface area contributed by atoms with E-state index >= 15 is 0 Å². The SMILES string of the molecule is CCCCCc1ccc(C=NN=Cc2cc(F)c(F)c(F)c2)c(F)c1. The summed E-state index contributed by atoms with van der Waals surface area (Å²) in [5.41, 5.74) is 1.19. The van der Waals surface area contributed by atoms with Crippen LogP contribution in [0.15, 0.2) is 40.5 Å². The third-order valence-electron chi connectivity index (χ3n) is 3.61. The van der Waals surface area contributed by atoms with Crippen molar-refractivity contribution in [3.8, 4) is 0 Å². The van der Waals surface area contributed by atoms with Crippen molar-refractivity contribution >= 4 is 12.4 Å². The Morgan fingerprint density at radius 3 is 2.16 bits per heavy atom. The van der Waals surface area contributed by atoms with E-state index < -0.39 is 23.3 Å². The Hall–Kier alpha value is -2.50. The highest BCUT2D eigenvalue weighted by molar-refractivity contribution is 5.82. The fourth-order valence-electron chi connectivity index (χ4n) is 2.26. The first-order valence-electron chi connectivity index (χ1n) is 8.00. The van der Waals surface area contributed by atoms with Gasteiger partial charge in [-0.2, -0.15) is 10.2 Å². The highest BCUT2D eigenvalue weighted by Crippen LogP contribution is 2.13. The molecular weight excluding hydrogens is 332 g/mol. The molecule has 0 spiro atoms. The highest BCUT2D eigenvalue weighted by Gasteiger charge is 2.09. The van der Waals surface area contributed by atoms with E-state index in [1.54, 1.807) is 6.07 Å². The Morgan fingerprint density at radius 1 is 0.840 bits per heavy atom. The van der Waals surface area contributed by atoms with E-state index in [9.17, 15) is 17.6 Å². The maximum absolute atomic E-state index is 14.0. The molecule has 0 unspecified atom stereocenters. The van der Waals surface area contributed by atoms with E-state index in [1.807, 2.05) is 6.07 Å². The second-order valence-electron chi connectivity index (χ2n) is 5.60. The van der Waals surface area contributed by atoms with Gasteiger partial charge in [0.05, 0.1) is 12.4 Å². The number of nitrogens with zero attached hydrogens (tertiary/aromatic N) is 2. The van der Waals surface area contributed by atoms with E-state index in [0.29, 0.717) is 0 Å². The standard InChI is InChI=1S/C19H18F4N2/c1-2-3-4-5-13-6-7-15(16(20)8-13)12-25-24-11-14-9-17(21)19(23)18(22)10-14/h6-12H,2-5H2,1H3. The molecule has 0 N–H and O–H groups in total. The molecule has 0 aliphatic carbocycles. The van der Waals surface area contributed by atoms with E-state index in [-0.39, 0.29) is 11.1 Å². The molecule has 2 aromatic carbocycles. The van der Waals surface area contributed by atoms with Crippen LogP contribution in [0, 0.1) is 23.3 Å². The number of benzene rings is 2. The lowest BCUT2D eigenvalue weighted by Crippen LogP contribution is -1.94. The Bertz CT molecular complexity index is 762. The lowest BCUT2D eigenvalue weighted by Gasteiger charge is -2.02. The van der Waals surface area contributed by atoms with Gasteiger partial charge in [-0.05, 0) is 36.6 Å². The van der Waals surface area contributed by atoms with Crippen LogP contribution in [-0.4, -0.2) is 12.4 Å². The van der Waals surface area contributed by atoms with Crippen molar-refractivity contribution in [1.29, 1.82) is 0 Å². The smallest absolute Gasteiger partial charge is 0.194 e. The van der Waals surface area contributed by atoms with Crippen LogP contribution in [-0.2, 0) is 6.42 Å². The summed E-state index contributed by atoms with van der Waals surface area (Å²) in [4.78, 5) is 0. The Balaban J connectivity index is 2.02. The number of hydrogen-bond donors (Lipinski definition) is 0. The Labute approximate surface area is 143 Å². The quantitative estimate of drug-likeness (QED) is 0.209. The average molecular weight is 350 g/mol. The molecule has 6 heteroatoms. The molecule has 0 saturated carbocycles. The molecule has 0 fully saturated rings. The van der Waals surface area contributed by atoms with Gasteiger partial charge in [-0.3, -0.25) is 0 Å². The topological polar surface area (TPSA) is 24.7 Å². The molecule has 25 heavy (non-hydrogen) atoms. The van der Waals surface area contributed by atoms with Gasteiger partial charge in [0, 0.05) is 11.1 Å². The summed E-state index contributed by atoms with van der Waals surface area (Å²) in [5.74, 6) is -4.57. The van der Waals surface area contributed by atoms with Crippen LogP contribution in [0.2, 0.25) is 0 Å². The Kier molecular flexibility index (Phi) is 6.86. The summed E-state index contributed by atoms with van der Waals surface area (Å²) in [5, 5.41) is 7.25. The van der Waals surface area contributed by atoms with Crippen molar-refractivity contribution in [2.45, 2.75) is 32.6 Å². The fourth-order valence-corrected chi connectivity index (χ4v) is 2.26. The molecule has 132 valence electrons. The van der Waals surface area contributed by atoms with Crippen LogP contribution in [0.5, 0.6) is 0 Å². The Morgan fingerprint density at radius 2 is 1.52 bits per heavy atom. The normalized spacial score (nSPS) is 11.7. The van der Waals surface area contributed by atoms with E-state index in [4.69, 9.17) is 0 Å². The van der Waals surface area contributed by atoms with Crippen molar-refractivity contribution in [1.82, 2.24) is 0 Å². The average Bonchev–Trinajstić information content (AvgIpc) is 2.58. The second-order valence-corrected chi connectivity index (χ2v) is 5.60. The largest absolute Gasteiger partial charge is 0.206 e. The number of rotatable bonds is 7. The van der Waals surface area contributed by atoms with E-state index in [2.05, 4.69) is 17.1 Å². The lowest BCUT2D eigenvalue weighted by molar-refractivity contribution is 0.447. The molecule has 2 nitrogen and oxygen atoms in total. The minimum Gasteiger partial charge on any atom is -0.206 e. The molecule has 0 aromatic heterocycles. The number of halogens is 4. The van der Waals surface area contributed by atoms with Crippen LogP contribution < -0.4 is 0 Å². The van der Waals surface area contributed by atoms with Gasteiger partial charge in [-0.1, -0.05) is 31.9 Å². The van der Waals surface area contributed by atoms with Crippen molar-refractivity contribution in [2.24, 2.45) is 10.2 Å². The minimum atomic E-state index is -1.54. The predicted molar refractivity (Wildman–Crippen MR) is 91.1 cm³/mol. The van der Waals surface area contributed by atoms with Crippen molar-refractivity contribution in [3.05, 3.63) is 70.3 Å². The molecule has 0 saturated heterocycles. The highest BCUT2D eigenvalue weighted by atomic mass is 19.2. The van der Waals surface area contributed by atoms with Crippen LogP contribution in [0.3, 0.4) is 0 Å². The lowest BCUT2D eigenvalue weighted by atomic mass is 10.1. The summed E-state index contributed by atoms with van der Waals surface area (Å²) in [6.45, 7) is 2.11. The molecule has 0 bridgehead atoms. The van der Waals surface area contributed by atoms with Crippen molar-refractivity contribution in [3.63, 3.8) is 0 Å². The molecular formula is C19H18F4N2. The first-order valence-corrected chi connectivity index (χ1v) is 8.00. The van der Waals surface area contributed by atoms with Crippen LogP contribution in [0.25, 0.3) is 0 Å².